The Bertz CT molecular complexity index is 648. The van der Waals surface area contributed by atoms with E-state index in [1.54, 1.807) is 17.0 Å². The topological polar surface area (TPSA) is 42.2 Å². The van der Waals surface area contributed by atoms with Gasteiger partial charge in [-0.15, -0.1) is 10.2 Å². The molecule has 0 saturated carbocycles. The molecule has 0 spiro atoms. The lowest BCUT2D eigenvalue weighted by atomic mass is 10.1. The first-order valence-corrected chi connectivity index (χ1v) is 8.33. The molecule has 0 radical (unpaired) electrons. The minimum atomic E-state index is -2.58. The Morgan fingerprint density at radius 2 is 2.00 bits per heavy atom. The molecule has 0 aliphatic carbocycles. The average molecular weight is 343 g/mol. The molecule has 0 atom stereocenters. The number of nitrogens with zero attached hydrogens (tertiary/aromatic N) is 3. The fourth-order valence-electron chi connectivity index (χ4n) is 2.48. The number of aromatic nitrogens is 2. The van der Waals surface area contributed by atoms with Gasteiger partial charge >= 0.3 is 0 Å². The second-order valence-corrected chi connectivity index (χ2v) is 6.51. The first-order valence-electron chi connectivity index (χ1n) is 7.34. The zero-order chi connectivity index (χ0) is 16.3. The van der Waals surface area contributed by atoms with Crippen LogP contribution >= 0.6 is 11.8 Å². The summed E-state index contributed by atoms with van der Waals surface area (Å²) < 4.78 is 45.0. The minimum absolute atomic E-state index is 0.0265. The summed E-state index contributed by atoms with van der Waals surface area (Å²) in [4.78, 5) is 1.76. The van der Waals surface area contributed by atoms with Crippen LogP contribution in [0.1, 0.15) is 12.8 Å². The Morgan fingerprint density at radius 1 is 1.22 bits per heavy atom. The van der Waals surface area contributed by atoms with E-state index in [4.69, 9.17) is 4.42 Å². The number of likely N-dealkylation sites (tertiary alicyclic amines) is 1. The van der Waals surface area contributed by atoms with Gasteiger partial charge in [-0.3, -0.25) is 4.90 Å². The van der Waals surface area contributed by atoms with Crippen molar-refractivity contribution in [2.75, 3.05) is 25.4 Å². The summed E-state index contributed by atoms with van der Waals surface area (Å²) in [7, 11) is 0. The van der Waals surface area contributed by atoms with Crippen LogP contribution < -0.4 is 0 Å². The SMILES string of the molecule is Fc1ccc(-c2nnc(SCCN3CCCC(F)(F)C3)o2)cc1. The minimum Gasteiger partial charge on any atom is -0.411 e. The quantitative estimate of drug-likeness (QED) is 0.775. The Balaban J connectivity index is 1.50. The molecule has 2 heterocycles. The Labute approximate surface area is 136 Å². The summed E-state index contributed by atoms with van der Waals surface area (Å²) in [6.07, 6.45) is 0.494. The first kappa shape index (κ1) is 16.3. The molecular weight excluding hydrogens is 327 g/mol. The van der Waals surface area contributed by atoms with Crippen molar-refractivity contribution in [3.8, 4) is 11.5 Å². The Hall–Kier alpha value is -1.54. The highest BCUT2D eigenvalue weighted by Gasteiger charge is 2.34. The van der Waals surface area contributed by atoms with Gasteiger partial charge in [0.15, 0.2) is 0 Å². The van der Waals surface area contributed by atoms with E-state index >= 15 is 0 Å². The number of hydrogen-bond donors (Lipinski definition) is 0. The van der Waals surface area contributed by atoms with Crippen LogP contribution in [0.3, 0.4) is 0 Å². The van der Waals surface area contributed by atoms with Gasteiger partial charge in [0.25, 0.3) is 11.1 Å². The molecule has 23 heavy (non-hydrogen) atoms. The number of piperidine rings is 1. The van der Waals surface area contributed by atoms with Gasteiger partial charge in [0.2, 0.25) is 5.89 Å². The van der Waals surface area contributed by atoms with Crippen LogP contribution in [0.2, 0.25) is 0 Å². The van der Waals surface area contributed by atoms with Gasteiger partial charge in [0.05, 0.1) is 6.54 Å². The van der Waals surface area contributed by atoms with Crippen LogP contribution in [-0.4, -0.2) is 46.4 Å². The number of hydrogen-bond acceptors (Lipinski definition) is 5. The van der Waals surface area contributed by atoms with E-state index in [9.17, 15) is 13.2 Å². The summed E-state index contributed by atoms with van der Waals surface area (Å²) >= 11 is 1.33. The summed E-state index contributed by atoms with van der Waals surface area (Å²) in [5, 5.41) is 8.21. The number of rotatable bonds is 5. The third kappa shape index (κ3) is 4.48. The molecule has 0 unspecified atom stereocenters. The van der Waals surface area contributed by atoms with Gasteiger partial charge in [0, 0.05) is 24.3 Å². The van der Waals surface area contributed by atoms with Crippen molar-refractivity contribution < 1.29 is 17.6 Å². The molecule has 1 aliphatic rings. The van der Waals surface area contributed by atoms with Gasteiger partial charge in [-0.1, -0.05) is 11.8 Å². The maximum Gasteiger partial charge on any atom is 0.276 e. The summed E-state index contributed by atoms with van der Waals surface area (Å²) in [5.74, 6) is -2.00. The summed E-state index contributed by atoms with van der Waals surface area (Å²) in [6.45, 7) is 1.06. The number of thioether (sulfide) groups is 1. The zero-order valence-corrected chi connectivity index (χ0v) is 13.2. The highest BCUT2D eigenvalue weighted by Crippen LogP contribution is 2.27. The zero-order valence-electron chi connectivity index (χ0n) is 12.3. The van der Waals surface area contributed by atoms with Gasteiger partial charge in [-0.25, -0.2) is 13.2 Å². The summed E-state index contributed by atoms with van der Waals surface area (Å²) in [5.41, 5.74) is 0.640. The van der Waals surface area contributed by atoms with Gasteiger partial charge in [0.1, 0.15) is 5.82 Å². The molecule has 1 fully saturated rings. The van der Waals surface area contributed by atoms with E-state index in [0.717, 1.165) is 0 Å². The van der Waals surface area contributed by atoms with Crippen LogP contribution in [-0.2, 0) is 0 Å². The van der Waals surface area contributed by atoms with Crippen LogP contribution in [0.4, 0.5) is 13.2 Å². The first-order chi connectivity index (χ1) is 11.0. The van der Waals surface area contributed by atoms with Crippen molar-refractivity contribution in [1.82, 2.24) is 15.1 Å². The summed E-state index contributed by atoms with van der Waals surface area (Å²) in [6, 6.07) is 5.77. The Morgan fingerprint density at radius 3 is 2.74 bits per heavy atom. The van der Waals surface area contributed by atoms with Crippen molar-refractivity contribution in [2.24, 2.45) is 0 Å². The van der Waals surface area contributed by atoms with Gasteiger partial charge < -0.3 is 4.42 Å². The predicted octanol–water partition coefficient (Wildman–Crippen LogP) is 3.70. The molecule has 2 aromatic rings. The molecule has 1 aromatic carbocycles. The Kier molecular flexibility index (Phi) is 4.91. The second kappa shape index (κ2) is 6.92. The van der Waals surface area contributed by atoms with Crippen molar-refractivity contribution in [2.45, 2.75) is 24.0 Å². The number of alkyl halides is 2. The monoisotopic (exact) mass is 343 g/mol. The van der Waals surface area contributed by atoms with Crippen LogP contribution in [0, 0.1) is 5.82 Å². The van der Waals surface area contributed by atoms with Gasteiger partial charge in [-0.05, 0) is 37.2 Å². The molecule has 0 amide bonds. The van der Waals surface area contributed by atoms with E-state index in [2.05, 4.69) is 10.2 Å². The molecule has 8 heteroatoms. The fourth-order valence-corrected chi connectivity index (χ4v) is 3.24. The standard InChI is InChI=1S/C15H16F3N3OS/c16-12-4-2-11(3-5-12)13-19-20-14(22-13)23-9-8-21-7-1-6-15(17,18)10-21/h2-5H,1,6-10H2. The average Bonchev–Trinajstić information content (AvgIpc) is 2.96. The van der Waals surface area contributed by atoms with E-state index < -0.39 is 5.92 Å². The van der Waals surface area contributed by atoms with Crippen LogP contribution in [0.15, 0.2) is 33.9 Å². The van der Waals surface area contributed by atoms with Crippen LogP contribution in [0.5, 0.6) is 0 Å². The lowest BCUT2D eigenvalue weighted by molar-refractivity contribution is -0.0622. The fraction of sp³-hybridized carbons (Fsp3) is 0.467. The van der Waals surface area contributed by atoms with Crippen LogP contribution in [0.25, 0.3) is 11.5 Å². The van der Waals surface area contributed by atoms with E-state index in [1.165, 1.54) is 23.9 Å². The van der Waals surface area contributed by atoms with E-state index in [-0.39, 0.29) is 18.8 Å². The number of halogens is 3. The number of benzene rings is 1. The van der Waals surface area contributed by atoms with E-state index in [0.29, 0.717) is 41.9 Å². The molecule has 4 nitrogen and oxygen atoms in total. The lowest BCUT2D eigenvalue weighted by Gasteiger charge is -2.32. The molecule has 1 saturated heterocycles. The van der Waals surface area contributed by atoms with Crippen molar-refractivity contribution in [3.63, 3.8) is 0 Å². The molecule has 3 rings (SSSR count). The molecule has 0 N–H and O–H groups in total. The van der Waals surface area contributed by atoms with Crippen molar-refractivity contribution >= 4 is 11.8 Å². The second-order valence-electron chi connectivity index (χ2n) is 5.46. The maximum atomic E-state index is 13.3. The predicted molar refractivity (Wildman–Crippen MR) is 81.0 cm³/mol. The molecule has 0 bridgehead atoms. The molecular formula is C15H16F3N3OS. The molecule has 124 valence electrons. The third-order valence-corrected chi connectivity index (χ3v) is 4.40. The smallest absolute Gasteiger partial charge is 0.276 e. The molecule has 1 aromatic heterocycles. The maximum absolute atomic E-state index is 13.3. The highest BCUT2D eigenvalue weighted by molar-refractivity contribution is 7.99. The highest BCUT2D eigenvalue weighted by atomic mass is 32.2. The van der Waals surface area contributed by atoms with Crippen molar-refractivity contribution in [1.29, 1.82) is 0 Å². The molecule has 1 aliphatic heterocycles. The largest absolute Gasteiger partial charge is 0.411 e. The normalized spacial score (nSPS) is 18.2. The van der Waals surface area contributed by atoms with Gasteiger partial charge in [-0.2, -0.15) is 0 Å². The van der Waals surface area contributed by atoms with Crippen molar-refractivity contribution in [3.05, 3.63) is 30.1 Å². The third-order valence-electron chi connectivity index (χ3n) is 3.60. The van der Waals surface area contributed by atoms with E-state index in [1.807, 2.05) is 0 Å². The lowest BCUT2D eigenvalue weighted by Crippen LogP contribution is -2.43.